The number of thiophene rings is 1. The quantitative estimate of drug-likeness (QED) is 0.892. The second-order valence-corrected chi connectivity index (χ2v) is 8.10. The molecule has 102 valence electrons. The van der Waals surface area contributed by atoms with Crippen molar-refractivity contribution in [3.63, 3.8) is 0 Å². The van der Waals surface area contributed by atoms with Gasteiger partial charge in [-0.25, -0.2) is 13.1 Å². The van der Waals surface area contributed by atoms with E-state index in [0.717, 1.165) is 35.4 Å². The van der Waals surface area contributed by atoms with Gasteiger partial charge in [0.25, 0.3) is 0 Å². The molecule has 0 saturated heterocycles. The molecule has 0 unspecified atom stereocenters. The zero-order chi connectivity index (χ0) is 13.3. The van der Waals surface area contributed by atoms with E-state index in [1.807, 2.05) is 13.8 Å². The van der Waals surface area contributed by atoms with Gasteiger partial charge in [0.2, 0.25) is 10.0 Å². The third-order valence-electron chi connectivity index (χ3n) is 3.41. The zero-order valence-corrected chi connectivity index (χ0v) is 12.4. The van der Waals surface area contributed by atoms with Gasteiger partial charge in [-0.3, -0.25) is 0 Å². The molecule has 0 aliphatic heterocycles. The number of aryl methyl sites for hydroxylation is 2. The molecule has 1 fully saturated rings. The van der Waals surface area contributed by atoms with Crippen LogP contribution in [0.4, 0.5) is 0 Å². The highest BCUT2D eigenvalue weighted by Gasteiger charge is 2.28. The van der Waals surface area contributed by atoms with E-state index in [1.165, 1.54) is 11.3 Å². The van der Waals surface area contributed by atoms with Crippen molar-refractivity contribution in [2.75, 3.05) is 0 Å². The SMILES string of the molecule is Cc1cc(S(=O)(=O)N[C@@H]2CCCC[C@H]2N)c(C)s1. The third-order valence-corrected chi connectivity index (χ3v) is 6.12. The fourth-order valence-electron chi connectivity index (χ4n) is 2.44. The van der Waals surface area contributed by atoms with Crippen molar-refractivity contribution in [3.8, 4) is 0 Å². The average Bonchev–Trinajstić information content (AvgIpc) is 2.62. The molecule has 2 atom stereocenters. The van der Waals surface area contributed by atoms with Crippen LogP contribution >= 0.6 is 11.3 Å². The van der Waals surface area contributed by atoms with E-state index in [-0.39, 0.29) is 12.1 Å². The summed E-state index contributed by atoms with van der Waals surface area (Å²) in [7, 11) is -3.42. The Hall–Kier alpha value is -0.430. The summed E-state index contributed by atoms with van der Waals surface area (Å²) in [5, 5.41) is 0. The Morgan fingerprint density at radius 2 is 2.00 bits per heavy atom. The maximum absolute atomic E-state index is 12.3. The first-order valence-corrected chi connectivity index (χ1v) is 8.55. The van der Waals surface area contributed by atoms with E-state index in [4.69, 9.17) is 5.73 Å². The van der Waals surface area contributed by atoms with Gasteiger partial charge in [-0.2, -0.15) is 0 Å². The fourth-order valence-corrected chi connectivity index (χ4v) is 5.32. The number of nitrogens with two attached hydrogens (primary N) is 1. The van der Waals surface area contributed by atoms with Crippen LogP contribution in [0, 0.1) is 13.8 Å². The molecule has 2 rings (SSSR count). The predicted octanol–water partition coefficient (Wildman–Crippen LogP) is 1.91. The Kier molecular flexibility index (Phi) is 4.11. The predicted molar refractivity (Wildman–Crippen MR) is 74.3 cm³/mol. The Balaban J connectivity index is 2.19. The van der Waals surface area contributed by atoms with Crippen LogP contribution in [0.2, 0.25) is 0 Å². The van der Waals surface area contributed by atoms with Crippen molar-refractivity contribution >= 4 is 21.4 Å². The van der Waals surface area contributed by atoms with Crippen molar-refractivity contribution in [1.82, 2.24) is 4.72 Å². The highest BCUT2D eigenvalue weighted by molar-refractivity contribution is 7.89. The molecule has 1 aliphatic carbocycles. The zero-order valence-electron chi connectivity index (χ0n) is 10.8. The van der Waals surface area contributed by atoms with Gasteiger partial charge in [0.05, 0.1) is 4.90 Å². The molecule has 0 amide bonds. The summed E-state index contributed by atoms with van der Waals surface area (Å²) in [4.78, 5) is 2.26. The van der Waals surface area contributed by atoms with E-state index in [0.29, 0.717) is 4.90 Å². The van der Waals surface area contributed by atoms with Crippen LogP contribution in [0.3, 0.4) is 0 Å². The Morgan fingerprint density at radius 3 is 2.56 bits per heavy atom. The lowest BCUT2D eigenvalue weighted by atomic mass is 9.92. The average molecular weight is 288 g/mol. The minimum absolute atomic E-state index is 0.0615. The van der Waals surface area contributed by atoms with Gasteiger partial charge >= 0.3 is 0 Å². The summed E-state index contributed by atoms with van der Waals surface area (Å²) in [6, 6.07) is 1.55. The molecule has 6 heteroatoms. The molecule has 0 aromatic carbocycles. The second kappa shape index (κ2) is 5.28. The van der Waals surface area contributed by atoms with Crippen molar-refractivity contribution < 1.29 is 8.42 Å². The molecule has 4 nitrogen and oxygen atoms in total. The van der Waals surface area contributed by atoms with Gasteiger partial charge in [-0.1, -0.05) is 12.8 Å². The van der Waals surface area contributed by atoms with Crippen molar-refractivity contribution in [3.05, 3.63) is 15.8 Å². The van der Waals surface area contributed by atoms with E-state index in [2.05, 4.69) is 4.72 Å². The molecule has 0 spiro atoms. The summed E-state index contributed by atoms with van der Waals surface area (Å²) in [6.07, 6.45) is 3.87. The summed E-state index contributed by atoms with van der Waals surface area (Å²) >= 11 is 1.51. The van der Waals surface area contributed by atoms with E-state index < -0.39 is 10.0 Å². The normalized spacial score (nSPS) is 25.3. The van der Waals surface area contributed by atoms with Gasteiger partial charge in [0.1, 0.15) is 0 Å². The molecule has 1 saturated carbocycles. The highest BCUT2D eigenvalue weighted by atomic mass is 32.2. The lowest BCUT2D eigenvalue weighted by molar-refractivity contribution is 0.361. The number of hydrogen-bond donors (Lipinski definition) is 2. The standard InChI is InChI=1S/C12H20N2O2S2/c1-8-7-12(9(2)17-8)18(15,16)14-11-6-4-3-5-10(11)13/h7,10-11,14H,3-6,13H2,1-2H3/t10-,11-/m1/s1. The van der Waals surface area contributed by atoms with Gasteiger partial charge < -0.3 is 5.73 Å². The van der Waals surface area contributed by atoms with Crippen LogP contribution in [-0.4, -0.2) is 20.5 Å². The van der Waals surface area contributed by atoms with Gasteiger partial charge in [0, 0.05) is 21.8 Å². The van der Waals surface area contributed by atoms with Crippen LogP contribution in [0.5, 0.6) is 0 Å². The molecular weight excluding hydrogens is 268 g/mol. The summed E-state index contributed by atoms with van der Waals surface area (Å²) < 4.78 is 27.4. The van der Waals surface area contributed by atoms with E-state index >= 15 is 0 Å². The van der Waals surface area contributed by atoms with Crippen LogP contribution in [-0.2, 0) is 10.0 Å². The molecule has 18 heavy (non-hydrogen) atoms. The topological polar surface area (TPSA) is 72.2 Å². The summed E-state index contributed by atoms with van der Waals surface area (Å²) in [6.45, 7) is 3.76. The smallest absolute Gasteiger partial charge is 0.241 e. The number of hydrogen-bond acceptors (Lipinski definition) is 4. The highest BCUT2D eigenvalue weighted by Crippen LogP contribution is 2.26. The van der Waals surface area contributed by atoms with Crippen LogP contribution < -0.4 is 10.5 Å². The minimum atomic E-state index is -3.42. The maximum Gasteiger partial charge on any atom is 0.241 e. The first-order valence-electron chi connectivity index (χ1n) is 6.25. The largest absolute Gasteiger partial charge is 0.326 e. The number of nitrogens with one attached hydrogen (secondary N) is 1. The van der Waals surface area contributed by atoms with Crippen LogP contribution in [0.1, 0.15) is 35.4 Å². The molecular formula is C12H20N2O2S2. The van der Waals surface area contributed by atoms with Crippen LogP contribution in [0.15, 0.2) is 11.0 Å². The second-order valence-electron chi connectivity index (χ2n) is 4.95. The molecule has 0 bridgehead atoms. The Bertz CT molecular complexity index is 522. The first-order chi connectivity index (χ1) is 8.40. The first kappa shape index (κ1) is 14.0. The van der Waals surface area contributed by atoms with E-state index in [9.17, 15) is 8.42 Å². The van der Waals surface area contributed by atoms with Gasteiger partial charge in [-0.05, 0) is 32.8 Å². The van der Waals surface area contributed by atoms with Gasteiger partial charge in [0.15, 0.2) is 0 Å². The minimum Gasteiger partial charge on any atom is -0.326 e. The molecule has 1 heterocycles. The monoisotopic (exact) mass is 288 g/mol. The number of rotatable bonds is 3. The lowest BCUT2D eigenvalue weighted by Crippen LogP contribution is -2.49. The van der Waals surface area contributed by atoms with Gasteiger partial charge in [-0.15, -0.1) is 11.3 Å². The molecule has 3 N–H and O–H groups in total. The van der Waals surface area contributed by atoms with Crippen molar-refractivity contribution in [2.45, 2.75) is 56.5 Å². The molecule has 1 aliphatic rings. The number of sulfonamides is 1. The third kappa shape index (κ3) is 2.93. The molecule has 1 aromatic heterocycles. The van der Waals surface area contributed by atoms with E-state index in [1.54, 1.807) is 6.07 Å². The summed E-state index contributed by atoms with van der Waals surface area (Å²) in [5.41, 5.74) is 5.98. The van der Waals surface area contributed by atoms with Crippen LogP contribution in [0.25, 0.3) is 0 Å². The summed E-state index contributed by atoms with van der Waals surface area (Å²) in [5.74, 6) is 0. The van der Waals surface area contributed by atoms with Crippen molar-refractivity contribution in [1.29, 1.82) is 0 Å². The van der Waals surface area contributed by atoms with Crippen molar-refractivity contribution in [2.24, 2.45) is 5.73 Å². The maximum atomic E-state index is 12.3. The Morgan fingerprint density at radius 1 is 1.33 bits per heavy atom. The Labute approximate surface area is 113 Å². The lowest BCUT2D eigenvalue weighted by Gasteiger charge is -2.28. The molecule has 1 aromatic rings. The fraction of sp³-hybridized carbons (Fsp3) is 0.667. The molecule has 0 radical (unpaired) electrons.